The molecule has 0 amide bonds. The molecule has 0 radical (unpaired) electrons. The lowest BCUT2D eigenvalue weighted by Crippen LogP contribution is -2.22. The van der Waals surface area contributed by atoms with Gasteiger partial charge >= 0.3 is 5.97 Å². The topological polar surface area (TPSA) is 94.8 Å². The van der Waals surface area contributed by atoms with Crippen molar-refractivity contribution in [2.24, 2.45) is 0 Å². The maximum Gasteiger partial charge on any atom is 0.330 e. The Hall–Kier alpha value is -3.36. The van der Waals surface area contributed by atoms with Crippen LogP contribution >= 0.6 is 0 Å². The number of furan rings is 1. The van der Waals surface area contributed by atoms with Gasteiger partial charge in [-0.15, -0.1) is 0 Å². The highest BCUT2D eigenvalue weighted by molar-refractivity contribution is 7.89. The van der Waals surface area contributed by atoms with E-state index in [2.05, 4.69) is 4.72 Å². The van der Waals surface area contributed by atoms with E-state index in [0.717, 1.165) is 0 Å². The van der Waals surface area contributed by atoms with Gasteiger partial charge in [0.05, 0.1) is 17.7 Å². The average Bonchev–Trinajstić information content (AvgIpc) is 3.29. The first-order valence-corrected chi connectivity index (χ1v) is 10.7. The van der Waals surface area contributed by atoms with Crippen LogP contribution < -0.4 is 9.46 Å². The first-order valence-electron chi connectivity index (χ1n) is 9.18. The lowest BCUT2D eigenvalue weighted by atomic mass is 10.2. The zero-order valence-electron chi connectivity index (χ0n) is 16.1. The summed E-state index contributed by atoms with van der Waals surface area (Å²) >= 11 is 0. The van der Waals surface area contributed by atoms with Crippen LogP contribution in [0.5, 0.6) is 5.75 Å². The summed E-state index contributed by atoms with van der Waals surface area (Å²) in [6, 6.07) is 18.7. The summed E-state index contributed by atoms with van der Waals surface area (Å²) in [6.07, 6.45) is 4.31. The molecule has 0 aliphatic heterocycles. The van der Waals surface area contributed by atoms with Crippen molar-refractivity contribution < 1.29 is 27.1 Å². The van der Waals surface area contributed by atoms with Gasteiger partial charge in [0.15, 0.2) is 0 Å². The lowest BCUT2D eigenvalue weighted by molar-refractivity contribution is -0.138. The van der Waals surface area contributed by atoms with Gasteiger partial charge in [-0.2, -0.15) is 0 Å². The monoisotopic (exact) mass is 427 g/mol. The van der Waals surface area contributed by atoms with Crippen molar-refractivity contribution in [2.75, 3.05) is 13.2 Å². The molecule has 156 valence electrons. The molecule has 8 heteroatoms. The lowest BCUT2D eigenvalue weighted by Gasteiger charge is -2.06. The zero-order valence-corrected chi connectivity index (χ0v) is 16.9. The molecule has 0 unspecified atom stereocenters. The van der Waals surface area contributed by atoms with E-state index < -0.39 is 16.0 Å². The Bertz CT molecular complexity index is 1060. The standard InChI is InChI=1S/C22H21NO6S/c24-22(29-16-15-28-19-5-2-1-3-6-19)13-10-18-8-11-21(12-9-18)30(25,26)23-17-20-7-4-14-27-20/h1-14,23H,15-17H2/b13-10+. The first kappa shape index (κ1) is 21.4. The van der Waals surface area contributed by atoms with Crippen LogP contribution in [0.3, 0.4) is 0 Å². The van der Waals surface area contributed by atoms with Crippen LogP contribution in [0.25, 0.3) is 6.08 Å². The summed E-state index contributed by atoms with van der Waals surface area (Å²) in [5, 5.41) is 0. The van der Waals surface area contributed by atoms with E-state index in [9.17, 15) is 13.2 Å². The smallest absolute Gasteiger partial charge is 0.330 e. The molecule has 0 aliphatic rings. The van der Waals surface area contributed by atoms with E-state index in [1.54, 1.807) is 30.3 Å². The van der Waals surface area contributed by atoms with Crippen molar-refractivity contribution >= 4 is 22.1 Å². The maximum atomic E-state index is 12.3. The molecule has 0 fully saturated rings. The van der Waals surface area contributed by atoms with E-state index in [-0.39, 0.29) is 24.7 Å². The Morgan fingerprint density at radius 2 is 1.73 bits per heavy atom. The molecule has 2 aromatic carbocycles. The predicted molar refractivity (Wildman–Crippen MR) is 111 cm³/mol. The van der Waals surface area contributed by atoms with Gasteiger partial charge in [0.2, 0.25) is 10.0 Å². The van der Waals surface area contributed by atoms with Crippen molar-refractivity contribution in [3.8, 4) is 5.75 Å². The van der Waals surface area contributed by atoms with Gasteiger partial charge in [0.1, 0.15) is 24.7 Å². The summed E-state index contributed by atoms with van der Waals surface area (Å²) in [5.74, 6) is 0.715. The number of para-hydroxylation sites is 1. The minimum Gasteiger partial charge on any atom is -0.490 e. The Balaban J connectivity index is 1.44. The average molecular weight is 427 g/mol. The SMILES string of the molecule is O=C(/C=C/c1ccc(S(=O)(=O)NCc2ccco2)cc1)OCCOc1ccccc1. The molecular formula is C22H21NO6S. The highest BCUT2D eigenvalue weighted by Gasteiger charge is 2.13. The molecule has 7 nitrogen and oxygen atoms in total. The van der Waals surface area contributed by atoms with E-state index in [4.69, 9.17) is 13.9 Å². The number of rotatable bonds is 10. The molecule has 3 aromatic rings. The fraction of sp³-hybridized carbons (Fsp3) is 0.136. The Labute approximate surface area is 175 Å². The van der Waals surface area contributed by atoms with E-state index in [1.807, 2.05) is 30.3 Å². The minimum absolute atomic E-state index is 0.0663. The number of carbonyl (C=O) groups is 1. The number of nitrogens with one attached hydrogen (secondary N) is 1. The largest absolute Gasteiger partial charge is 0.490 e. The molecule has 3 rings (SSSR count). The normalized spacial score (nSPS) is 11.5. The minimum atomic E-state index is -3.66. The van der Waals surface area contributed by atoms with Crippen molar-refractivity contribution in [3.63, 3.8) is 0 Å². The highest BCUT2D eigenvalue weighted by Crippen LogP contribution is 2.13. The van der Waals surface area contributed by atoms with E-state index in [0.29, 0.717) is 17.1 Å². The molecule has 1 heterocycles. The van der Waals surface area contributed by atoms with Crippen molar-refractivity contribution in [3.05, 3.63) is 90.4 Å². The third kappa shape index (κ3) is 6.61. The van der Waals surface area contributed by atoms with Crippen LogP contribution in [0.15, 0.2) is 88.4 Å². The second-order valence-corrected chi connectivity index (χ2v) is 7.90. The summed E-state index contributed by atoms with van der Waals surface area (Å²) in [7, 11) is -3.66. The molecule has 1 N–H and O–H groups in total. The number of ether oxygens (including phenoxy) is 2. The number of benzene rings is 2. The number of carbonyl (C=O) groups excluding carboxylic acids is 1. The summed E-state index contributed by atoms with van der Waals surface area (Å²) in [5.41, 5.74) is 0.664. The van der Waals surface area contributed by atoms with Crippen LogP contribution in [0.4, 0.5) is 0 Å². The third-order valence-corrected chi connectivity index (χ3v) is 5.38. The van der Waals surface area contributed by atoms with Gasteiger partial charge in [-0.05, 0) is 48.0 Å². The van der Waals surface area contributed by atoms with E-state index in [1.165, 1.54) is 24.5 Å². The number of hydrogen-bond acceptors (Lipinski definition) is 6. The molecule has 0 bridgehead atoms. The van der Waals surface area contributed by atoms with Crippen LogP contribution in [0.1, 0.15) is 11.3 Å². The molecule has 30 heavy (non-hydrogen) atoms. The van der Waals surface area contributed by atoms with Gasteiger partial charge < -0.3 is 13.9 Å². The molecule has 0 atom stereocenters. The Morgan fingerprint density at radius 3 is 2.43 bits per heavy atom. The number of sulfonamides is 1. The van der Waals surface area contributed by atoms with Gasteiger partial charge in [-0.1, -0.05) is 30.3 Å². The Morgan fingerprint density at radius 1 is 0.967 bits per heavy atom. The molecule has 1 aromatic heterocycles. The Kier molecular flexibility index (Phi) is 7.42. The summed E-state index contributed by atoms with van der Waals surface area (Å²) in [4.78, 5) is 11.9. The fourth-order valence-corrected chi connectivity index (χ4v) is 3.44. The van der Waals surface area contributed by atoms with Crippen molar-refractivity contribution in [1.82, 2.24) is 4.72 Å². The van der Waals surface area contributed by atoms with Gasteiger partial charge in [-0.25, -0.2) is 17.9 Å². The summed E-state index contributed by atoms with van der Waals surface area (Å²) < 4.78 is 42.7. The predicted octanol–water partition coefficient (Wildman–Crippen LogP) is 3.39. The van der Waals surface area contributed by atoms with E-state index >= 15 is 0 Å². The number of esters is 1. The van der Waals surface area contributed by atoms with Gasteiger partial charge in [0.25, 0.3) is 0 Å². The van der Waals surface area contributed by atoms with Crippen LogP contribution in [-0.2, 0) is 26.1 Å². The quantitative estimate of drug-likeness (QED) is 0.303. The zero-order chi connectivity index (χ0) is 21.2. The third-order valence-electron chi connectivity index (χ3n) is 3.96. The second-order valence-electron chi connectivity index (χ2n) is 6.14. The van der Waals surface area contributed by atoms with Crippen LogP contribution in [-0.4, -0.2) is 27.6 Å². The highest BCUT2D eigenvalue weighted by atomic mass is 32.2. The first-order chi connectivity index (χ1) is 14.5. The molecule has 0 saturated carbocycles. The van der Waals surface area contributed by atoms with Crippen molar-refractivity contribution in [2.45, 2.75) is 11.4 Å². The van der Waals surface area contributed by atoms with Gasteiger partial charge in [0, 0.05) is 6.08 Å². The second kappa shape index (κ2) is 10.4. The van der Waals surface area contributed by atoms with Crippen molar-refractivity contribution in [1.29, 1.82) is 0 Å². The number of hydrogen-bond donors (Lipinski definition) is 1. The van der Waals surface area contributed by atoms with Gasteiger partial charge in [-0.3, -0.25) is 0 Å². The fourth-order valence-electron chi connectivity index (χ4n) is 2.45. The summed E-state index contributed by atoms with van der Waals surface area (Å²) in [6.45, 7) is 0.439. The molecule has 0 aliphatic carbocycles. The maximum absolute atomic E-state index is 12.3. The molecular weight excluding hydrogens is 406 g/mol. The molecule has 0 saturated heterocycles. The van der Waals surface area contributed by atoms with Crippen LogP contribution in [0.2, 0.25) is 0 Å². The van der Waals surface area contributed by atoms with Crippen LogP contribution in [0, 0.1) is 0 Å². The molecule has 0 spiro atoms.